The van der Waals surface area contributed by atoms with E-state index in [4.69, 9.17) is 25.8 Å². The lowest BCUT2D eigenvalue weighted by Crippen LogP contribution is -2.32. The molecule has 0 atom stereocenters. The average Bonchev–Trinajstić information content (AvgIpc) is 3.57. The number of methoxy groups -OCH3 is 1. The number of benzene rings is 2. The van der Waals surface area contributed by atoms with Crippen molar-refractivity contribution < 1.29 is 32.5 Å². The van der Waals surface area contributed by atoms with Crippen molar-refractivity contribution in [2.45, 2.75) is 32.0 Å². The first-order valence-corrected chi connectivity index (χ1v) is 9.86. The standard InChI is InChI=1S/C21H20ClF2NO5/c1-27-17-8-12(2-5-16(17)30-21(23)24)11-25(14-3-4-14)20(26)13-9-15(22)19-18(10-13)28-6-7-29-19/h2,5,8-10,14,21H,3-4,6-7,11H2,1H3. The zero-order valence-corrected chi connectivity index (χ0v) is 17.0. The van der Waals surface area contributed by atoms with Crippen LogP contribution in [0.4, 0.5) is 8.78 Å². The van der Waals surface area contributed by atoms with Gasteiger partial charge in [0.05, 0.1) is 12.1 Å². The molecule has 0 bridgehead atoms. The van der Waals surface area contributed by atoms with E-state index in [-0.39, 0.29) is 23.4 Å². The maximum Gasteiger partial charge on any atom is 0.387 e. The van der Waals surface area contributed by atoms with Gasteiger partial charge in [0.15, 0.2) is 23.0 Å². The molecule has 1 amide bonds. The van der Waals surface area contributed by atoms with E-state index >= 15 is 0 Å². The molecular formula is C21H20ClF2NO5. The fourth-order valence-electron chi connectivity index (χ4n) is 3.35. The SMILES string of the molecule is COc1cc(CN(C(=O)c2cc(Cl)c3c(c2)OCCO3)C2CC2)ccc1OC(F)F. The summed E-state index contributed by atoms with van der Waals surface area (Å²) in [6, 6.07) is 7.96. The first-order valence-electron chi connectivity index (χ1n) is 9.48. The van der Waals surface area contributed by atoms with Crippen LogP contribution in [0.25, 0.3) is 0 Å². The van der Waals surface area contributed by atoms with Gasteiger partial charge in [-0.05, 0) is 42.7 Å². The molecule has 2 aromatic carbocycles. The van der Waals surface area contributed by atoms with Gasteiger partial charge >= 0.3 is 6.61 Å². The van der Waals surface area contributed by atoms with E-state index < -0.39 is 6.61 Å². The number of carbonyl (C=O) groups excluding carboxylic acids is 1. The van der Waals surface area contributed by atoms with Crippen molar-refractivity contribution in [3.05, 3.63) is 46.5 Å². The molecule has 9 heteroatoms. The molecule has 0 radical (unpaired) electrons. The highest BCUT2D eigenvalue weighted by molar-refractivity contribution is 6.32. The summed E-state index contributed by atoms with van der Waals surface area (Å²) in [4.78, 5) is 15.0. The Balaban J connectivity index is 1.58. The summed E-state index contributed by atoms with van der Waals surface area (Å²) in [6.07, 6.45) is 1.79. The topological polar surface area (TPSA) is 57.2 Å². The summed E-state index contributed by atoms with van der Waals surface area (Å²) in [7, 11) is 1.37. The molecule has 1 fully saturated rings. The van der Waals surface area contributed by atoms with Crippen LogP contribution in [-0.4, -0.2) is 43.8 Å². The lowest BCUT2D eigenvalue weighted by molar-refractivity contribution is -0.0512. The van der Waals surface area contributed by atoms with E-state index in [0.717, 1.165) is 18.4 Å². The van der Waals surface area contributed by atoms with E-state index in [9.17, 15) is 13.6 Å². The summed E-state index contributed by atoms with van der Waals surface area (Å²) in [5, 5.41) is 0.321. The van der Waals surface area contributed by atoms with E-state index in [1.807, 2.05) is 0 Å². The van der Waals surface area contributed by atoms with Crippen LogP contribution in [0.2, 0.25) is 5.02 Å². The number of carbonyl (C=O) groups is 1. The van der Waals surface area contributed by atoms with E-state index in [2.05, 4.69) is 4.74 Å². The van der Waals surface area contributed by atoms with Gasteiger partial charge in [-0.1, -0.05) is 17.7 Å². The van der Waals surface area contributed by atoms with Crippen LogP contribution in [0.1, 0.15) is 28.8 Å². The lowest BCUT2D eigenvalue weighted by atomic mass is 10.1. The number of alkyl halides is 2. The third-order valence-corrected chi connectivity index (χ3v) is 5.17. The highest BCUT2D eigenvalue weighted by Crippen LogP contribution is 2.40. The number of rotatable bonds is 7. The van der Waals surface area contributed by atoms with Crippen molar-refractivity contribution in [1.29, 1.82) is 0 Å². The predicted molar refractivity (Wildman–Crippen MR) is 105 cm³/mol. The van der Waals surface area contributed by atoms with Crippen molar-refractivity contribution >= 4 is 17.5 Å². The Bertz CT molecular complexity index is 951. The van der Waals surface area contributed by atoms with Gasteiger partial charge in [-0.15, -0.1) is 0 Å². The van der Waals surface area contributed by atoms with Crippen LogP contribution in [0.15, 0.2) is 30.3 Å². The molecule has 0 saturated heterocycles. The zero-order valence-electron chi connectivity index (χ0n) is 16.2. The molecule has 2 aromatic rings. The molecule has 0 N–H and O–H groups in total. The number of fused-ring (bicyclic) bond motifs is 1. The number of halogens is 3. The highest BCUT2D eigenvalue weighted by Gasteiger charge is 2.34. The van der Waals surface area contributed by atoms with Gasteiger partial charge in [0, 0.05) is 18.2 Å². The van der Waals surface area contributed by atoms with Crippen molar-refractivity contribution in [3.8, 4) is 23.0 Å². The smallest absolute Gasteiger partial charge is 0.387 e. The third-order valence-electron chi connectivity index (χ3n) is 4.89. The summed E-state index contributed by atoms with van der Waals surface area (Å²) >= 11 is 6.28. The molecule has 0 aromatic heterocycles. The Morgan fingerprint density at radius 1 is 1.20 bits per heavy atom. The minimum atomic E-state index is -2.95. The summed E-state index contributed by atoms with van der Waals surface area (Å²) < 4.78 is 45.8. The fourth-order valence-corrected chi connectivity index (χ4v) is 3.62. The minimum absolute atomic E-state index is 0.0563. The van der Waals surface area contributed by atoms with Gasteiger partial charge in [-0.3, -0.25) is 4.79 Å². The van der Waals surface area contributed by atoms with Gasteiger partial charge in [0.2, 0.25) is 0 Å². The Hall–Kier alpha value is -2.74. The lowest BCUT2D eigenvalue weighted by Gasteiger charge is -2.25. The predicted octanol–water partition coefficient (Wildman–Crippen LogP) is 4.53. The average molecular weight is 440 g/mol. The zero-order chi connectivity index (χ0) is 21.3. The Morgan fingerprint density at radius 3 is 2.67 bits per heavy atom. The Labute approximate surface area is 177 Å². The summed E-state index contributed by atoms with van der Waals surface area (Å²) in [5.74, 6) is 0.820. The molecule has 1 heterocycles. The van der Waals surface area contributed by atoms with E-state index in [1.54, 1.807) is 29.2 Å². The number of hydrogen-bond acceptors (Lipinski definition) is 5. The molecule has 6 nitrogen and oxygen atoms in total. The molecule has 2 aliphatic rings. The number of amides is 1. The number of ether oxygens (including phenoxy) is 4. The van der Waals surface area contributed by atoms with Crippen LogP contribution in [0.5, 0.6) is 23.0 Å². The molecular weight excluding hydrogens is 420 g/mol. The second kappa shape index (κ2) is 8.55. The van der Waals surface area contributed by atoms with E-state index in [0.29, 0.717) is 41.8 Å². The Morgan fingerprint density at radius 2 is 1.97 bits per heavy atom. The van der Waals surface area contributed by atoms with E-state index in [1.165, 1.54) is 13.2 Å². The Kier molecular flexibility index (Phi) is 5.85. The minimum Gasteiger partial charge on any atom is -0.493 e. The van der Waals surface area contributed by atoms with Crippen molar-refractivity contribution in [3.63, 3.8) is 0 Å². The maximum absolute atomic E-state index is 13.3. The number of nitrogens with zero attached hydrogens (tertiary/aromatic N) is 1. The fraction of sp³-hybridized carbons (Fsp3) is 0.381. The summed E-state index contributed by atoms with van der Waals surface area (Å²) in [5.41, 5.74) is 1.14. The van der Waals surface area contributed by atoms with Crippen molar-refractivity contribution in [2.75, 3.05) is 20.3 Å². The van der Waals surface area contributed by atoms with Crippen LogP contribution in [0.3, 0.4) is 0 Å². The monoisotopic (exact) mass is 439 g/mol. The normalized spacial score (nSPS) is 15.1. The molecule has 0 unspecified atom stereocenters. The van der Waals surface area contributed by atoms with Crippen LogP contribution < -0.4 is 18.9 Å². The van der Waals surface area contributed by atoms with Crippen LogP contribution in [-0.2, 0) is 6.54 Å². The molecule has 4 rings (SSSR count). The van der Waals surface area contributed by atoms with Gasteiger partial charge in [0.25, 0.3) is 5.91 Å². The molecule has 1 aliphatic heterocycles. The molecule has 160 valence electrons. The van der Waals surface area contributed by atoms with Gasteiger partial charge in [-0.25, -0.2) is 0 Å². The van der Waals surface area contributed by atoms with Crippen LogP contribution >= 0.6 is 11.6 Å². The van der Waals surface area contributed by atoms with Crippen molar-refractivity contribution in [1.82, 2.24) is 4.90 Å². The van der Waals surface area contributed by atoms with Gasteiger partial charge in [-0.2, -0.15) is 8.78 Å². The van der Waals surface area contributed by atoms with Gasteiger partial charge in [0.1, 0.15) is 13.2 Å². The summed E-state index contributed by atoms with van der Waals surface area (Å²) in [6.45, 7) is -1.86. The van der Waals surface area contributed by atoms with Crippen LogP contribution in [0, 0.1) is 0 Å². The molecule has 0 spiro atoms. The largest absolute Gasteiger partial charge is 0.493 e. The quantitative estimate of drug-likeness (QED) is 0.634. The van der Waals surface area contributed by atoms with Gasteiger partial charge < -0.3 is 23.8 Å². The highest BCUT2D eigenvalue weighted by atomic mass is 35.5. The second-order valence-electron chi connectivity index (χ2n) is 7.01. The number of hydrogen-bond donors (Lipinski definition) is 0. The second-order valence-corrected chi connectivity index (χ2v) is 7.42. The molecule has 1 aliphatic carbocycles. The van der Waals surface area contributed by atoms with Crippen molar-refractivity contribution in [2.24, 2.45) is 0 Å². The molecule has 1 saturated carbocycles. The maximum atomic E-state index is 13.3. The first-order chi connectivity index (χ1) is 14.5. The third kappa shape index (κ3) is 4.38. The first kappa shape index (κ1) is 20.5. The molecule has 30 heavy (non-hydrogen) atoms.